The van der Waals surface area contributed by atoms with Gasteiger partial charge < -0.3 is 14.4 Å². The summed E-state index contributed by atoms with van der Waals surface area (Å²) < 4.78 is 13.0. The second-order valence-corrected chi connectivity index (χ2v) is 14.1. The fourth-order valence-electron chi connectivity index (χ4n) is 7.27. The third kappa shape index (κ3) is 8.25. The lowest BCUT2D eigenvalue weighted by atomic mass is 10.0. The molecule has 16 nitrogen and oxygen atoms in total. The number of nitrogens with zero attached hydrogens (tertiary/aromatic N) is 7. The van der Waals surface area contributed by atoms with Gasteiger partial charge in [0.1, 0.15) is 29.1 Å². The van der Waals surface area contributed by atoms with E-state index in [1.807, 2.05) is 48.5 Å². The number of carbonyl (C=O) groups is 4. The standard InChI is InChI=1S/C42H42N10O6/c1-57-32-8-5-7-28(25-32)11-13-30-14-15-31-27-44-42(48-52(30)31)47-46-29-12-17-36(43-26-29)50-22-20-49(21-23-50)19-3-2-4-24-58-35-10-6-9-33-38(35)41(56)51(40(33)55)34-16-18-37(53)45-39(34)54/h5-10,12,14-15,17,25-27,34,46H,2-4,16,18-24H2,1H3,(H,47,48)(H,45,53,54). The zero-order chi connectivity index (χ0) is 40.0. The van der Waals surface area contributed by atoms with Gasteiger partial charge in [0.05, 0.1) is 48.4 Å². The van der Waals surface area contributed by atoms with E-state index in [4.69, 9.17) is 14.5 Å². The van der Waals surface area contributed by atoms with E-state index >= 15 is 0 Å². The number of hydrogen-bond donors (Lipinski definition) is 3. The normalized spacial score (nSPS) is 16.8. The van der Waals surface area contributed by atoms with Crippen LogP contribution >= 0.6 is 0 Å². The number of carbonyl (C=O) groups excluding carboxylic acids is 4. The second kappa shape index (κ2) is 17.0. The van der Waals surface area contributed by atoms with Crippen LogP contribution in [0.15, 0.2) is 79.1 Å². The van der Waals surface area contributed by atoms with Crippen molar-refractivity contribution in [1.29, 1.82) is 0 Å². The highest BCUT2D eigenvalue weighted by molar-refractivity contribution is 6.24. The number of methoxy groups -OCH3 is 1. The predicted octanol–water partition coefficient (Wildman–Crippen LogP) is 3.74. The molecule has 1 unspecified atom stereocenters. The molecule has 3 N–H and O–H groups in total. The van der Waals surface area contributed by atoms with E-state index in [9.17, 15) is 19.2 Å². The molecule has 296 valence electrons. The number of nitrogens with one attached hydrogen (secondary N) is 3. The Kier molecular flexibility index (Phi) is 11.1. The summed E-state index contributed by atoms with van der Waals surface area (Å²) >= 11 is 0. The second-order valence-electron chi connectivity index (χ2n) is 14.1. The maximum Gasteiger partial charge on any atom is 0.266 e. The zero-order valence-corrected chi connectivity index (χ0v) is 31.9. The van der Waals surface area contributed by atoms with Crippen molar-refractivity contribution in [2.75, 3.05) is 62.2 Å². The van der Waals surface area contributed by atoms with Crippen LogP contribution in [0.3, 0.4) is 0 Å². The number of piperazine rings is 1. The highest BCUT2D eigenvalue weighted by Gasteiger charge is 2.46. The first-order valence-corrected chi connectivity index (χ1v) is 19.3. The molecule has 2 aromatic carbocycles. The Bertz CT molecular complexity index is 2410. The molecule has 0 saturated carbocycles. The topological polar surface area (TPSA) is 176 Å². The Morgan fingerprint density at radius 2 is 1.72 bits per heavy atom. The van der Waals surface area contributed by atoms with Gasteiger partial charge in [0.2, 0.25) is 11.8 Å². The number of imide groups is 2. The Morgan fingerprint density at radius 1 is 0.862 bits per heavy atom. The minimum atomic E-state index is -1.01. The fourth-order valence-corrected chi connectivity index (χ4v) is 7.27. The molecule has 0 aliphatic carbocycles. The molecule has 1 atom stereocenters. The summed E-state index contributed by atoms with van der Waals surface area (Å²) in [5.41, 5.74) is 9.75. The molecule has 2 fully saturated rings. The molecule has 5 aromatic rings. The van der Waals surface area contributed by atoms with E-state index in [-0.39, 0.29) is 24.0 Å². The molecule has 2 saturated heterocycles. The van der Waals surface area contributed by atoms with Gasteiger partial charge in [-0.25, -0.2) is 14.5 Å². The smallest absolute Gasteiger partial charge is 0.266 e. The Hall–Kier alpha value is -6.99. The number of amides is 4. The Balaban J connectivity index is 0.750. The van der Waals surface area contributed by atoms with E-state index in [2.05, 4.69) is 47.9 Å². The number of pyridine rings is 1. The van der Waals surface area contributed by atoms with E-state index in [1.54, 1.807) is 42.2 Å². The average Bonchev–Trinajstić information content (AvgIpc) is 3.77. The minimum absolute atomic E-state index is 0.0718. The summed E-state index contributed by atoms with van der Waals surface area (Å²) in [6, 6.07) is 19.3. The summed E-state index contributed by atoms with van der Waals surface area (Å²) in [5, 5.41) is 6.82. The molecule has 6 heterocycles. The molecule has 0 radical (unpaired) electrons. The zero-order valence-electron chi connectivity index (χ0n) is 31.9. The van der Waals surface area contributed by atoms with E-state index in [1.165, 1.54) is 0 Å². The quantitative estimate of drug-likeness (QED) is 0.0683. The van der Waals surface area contributed by atoms with Gasteiger partial charge in [-0.3, -0.25) is 45.1 Å². The Labute approximate surface area is 334 Å². The van der Waals surface area contributed by atoms with Gasteiger partial charge in [-0.1, -0.05) is 18.1 Å². The highest BCUT2D eigenvalue weighted by Crippen LogP contribution is 2.34. The van der Waals surface area contributed by atoms with E-state index < -0.39 is 29.7 Å². The SMILES string of the molecule is COc1cccc(C#Cc2ccc3cnc(NNc4ccc(N5CCN(CCCCCOc6cccc7c6C(=O)N(C6CCC(=O)NC6=O)C7=O)CC5)nc4)nn23)c1. The number of hydrazine groups is 1. The monoisotopic (exact) mass is 782 g/mol. The summed E-state index contributed by atoms with van der Waals surface area (Å²) in [4.78, 5) is 65.2. The lowest BCUT2D eigenvalue weighted by Gasteiger charge is -2.35. The molecule has 3 aliphatic rings. The molecule has 16 heteroatoms. The van der Waals surface area contributed by atoms with Crippen molar-refractivity contribution in [3.05, 3.63) is 102 Å². The van der Waals surface area contributed by atoms with Gasteiger partial charge in [0, 0.05) is 38.2 Å². The molecule has 58 heavy (non-hydrogen) atoms. The van der Waals surface area contributed by atoms with Crippen molar-refractivity contribution < 1.29 is 28.7 Å². The van der Waals surface area contributed by atoms with Crippen LogP contribution in [0.1, 0.15) is 64.1 Å². The molecule has 8 rings (SSSR count). The molecular weight excluding hydrogens is 741 g/mol. The summed E-state index contributed by atoms with van der Waals surface area (Å²) in [5.74, 6) is 6.58. The minimum Gasteiger partial charge on any atom is -0.497 e. The van der Waals surface area contributed by atoms with Crippen LogP contribution in [-0.4, -0.2) is 105 Å². The fraction of sp³-hybridized carbons (Fsp3) is 0.310. The van der Waals surface area contributed by atoms with Gasteiger partial charge in [-0.05, 0) is 92.7 Å². The number of unbranched alkanes of at least 4 members (excludes halogenated alkanes) is 2. The van der Waals surface area contributed by atoms with Crippen LogP contribution in [-0.2, 0) is 9.59 Å². The number of aromatic nitrogens is 4. The molecule has 4 amide bonds. The summed E-state index contributed by atoms with van der Waals surface area (Å²) in [6.45, 7) is 4.97. The van der Waals surface area contributed by atoms with Crippen molar-refractivity contribution in [3.63, 3.8) is 0 Å². The number of piperidine rings is 1. The number of ether oxygens (including phenoxy) is 2. The van der Waals surface area contributed by atoms with Crippen molar-refractivity contribution >= 4 is 46.6 Å². The van der Waals surface area contributed by atoms with Gasteiger partial charge >= 0.3 is 0 Å². The van der Waals surface area contributed by atoms with Crippen LogP contribution in [0.5, 0.6) is 11.5 Å². The van der Waals surface area contributed by atoms with Crippen LogP contribution in [0.4, 0.5) is 17.5 Å². The largest absolute Gasteiger partial charge is 0.497 e. The highest BCUT2D eigenvalue weighted by atomic mass is 16.5. The molecule has 0 bridgehead atoms. The third-order valence-electron chi connectivity index (χ3n) is 10.4. The molecule has 3 aliphatic heterocycles. The van der Waals surface area contributed by atoms with Crippen molar-refractivity contribution in [2.24, 2.45) is 0 Å². The van der Waals surface area contributed by atoms with Gasteiger partial charge in [0.15, 0.2) is 0 Å². The number of benzene rings is 2. The first-order valence-electron chi connectivity index (χ1n) is 19.3. The first-order chi connectivity index (χ1) is 28.3. The van der Waals surface area contributed by atoms with Gasteiger partial charge in [0.25, 0.3) is 17.8 Å². The van der Waals surface area contributed by atoms with Crippen LogP contribution in [0.2, 0.25) is 0 Å². The summed E-state index contributed by atoms with van der Waals surface area (Å²) in [7, 11) is 1.63. The van der Waals surface area contributed by atoms with Crippen LogP contribution in [0, 0.1) is 11.8 Å². The number of rotatable bonds is 13. The number of hydrogen-bond acceptors (Lipinski definition) is 13. The molecule has 3 aromatic heterocycles. The van der Waals surface area contributed by atoms with Gasteiger partial charge in [-0.15, -0.1) is 5.10 Å². The van der Waals surface area contributed by atoms with Crippen molar-refractivity contribution in [3.8, 4) is 23.3 Å². The number of anilines is 3. The van der Waals surface area contributed by atoms with Crippen LogP contribution < -0.4 is 30.5 Å². The average molecular weight is 783 g/mol. The Morgan fingerprint density at radius 3 is 2.53 bits per heavy atom. The van der Waals surface area contributed by atoms with E-state index in [0.717, 1.165) is 90.9 Å². The maximum atomic E-state index is 13.3. The van der Waals surface area contributed by atoms with Crippen molar-refractivity contribution in [2.45, 2.75) is 38.1 Å². The molecular formula is C42H42N10O6. The van der Waals surface area contributed by atoms with Crippen LogP contribution in [0.25, 0.3) is 5.52 Å². The maximum absolute atomic E-state index is 13.3. The molecule has 0 spiro atoms. The van der Waals surface area contributed by atoms with Crippen molar-refractivity contribution in [1.82, 2.24) is 34.7 Å². The third-order valence-corrected chi connectivity index (χ3v) is 10.4. The lowest BCUT2D eigenvalue weighted by Crippen LogP contribution is -2.54. The summed E-state index contributed by atoms with van der Waals surface area (Å²) in [6.07, 6.45) is 6.43. The van der Waals surface area contributed by atoms with E-state index in [0.29, 0.717) is 18.3 Å². The first kappa shape index (κ1) is 37.9. The lowest BCUT2D eigenvalue weighted by molar-refractivity contribution is -0.136. The predicted molar refractivity (Wildman–Crippen MR) is 215 cm³/mol. The van der Waals surface area contributed by atoms with Gasteiger partial charge in [-0.2, -0.15) is 0 Å². The number of fused-ring (bicyclic) bond motifs is 2.